The van der Waals surface area contributed by atoms with Crippen LogP contribution in [-0.2, 0) is 0 Å². The van der Waals surface area contributed by atoms with Crippen LogP contribution in [0.3, 0.4) is 0 Å². The molecule has 0 aliphatic heterocycles. The second-order valence-corrected chi connectivity index (χ2v) is 6.06. The third kappa shape index (κ3) is 3.12. The first-order chi connectivity index (χ1) is 9.04. The van der Waals surface area contributed by atoms with Crippen LogP contribution in [0.15, 0.2) is 40.9 Å². The van der Waals surface area contributed by atoms with Crippen molar-refractivity contribution in [2.75, 3.05) is 7.11 Å². The standard InChI is InChI=1S/C14H10Br2ClFO/c1-19-8-5-6-9(10(15)7-8)14(16)13-11(17)3-2-4-12(13)18/h2-7,14H,1H3. The van der Waals surface area contributed by atoms with E-state index in [1.807, 2.05) is 18.2 Å². The summed E-state index contributed by atoms with van der Waals surface area (Å²) < 4.78 is 19.9. The van der Waals surface area contributed by atoms with Crippen molar-refractivity contribution in [2.24, 2.45) is 0 Å². The number of alkyl halides is 1. The van der Waals surface area contributed by atoms with E-state index in [1.165, 1.54) is 6.07 Å². The summed E-state index contributed by atoms with van der Waals surface area (Å²) in [4.78, 5) is -0.332. The van der Waals surface area contributed by atoms with Crippen molar-refractivity contribution >= 4 is 43.5 Å². The normalized spacial score (nSPS) is 12.3. The lowest BCUT2D eigenvalue weighted by atomic mass is 10.0. The highest BCUT2D eigenvalue weighted by molar-refractivity contribution is 9.11. The fourth-order valence-corrected chi connectivity index (χ4v) is 3.91. The van der Waals surface area contributed by atoms with Gasteiger partial charge in [-0.3, -0.25) is 0 Å². The molecule has 0 aliphatic rings. The number of benzene rings is 2. The van der Waals surface area contributed by atoms with E-state index in [4.69, 9.17) is 16.3 Å². The van der Waals surface area contributed by atoms with Gasteiger partial charge in [0.15, 0.2) is 0 Å². The van der Waals surface area contributed by atoms with Crippen molar-refractivity contribution in [3.63, 3.8) is 0 Å². The Kier molecular flexibility index (Phi) is 4.87. The molecule has 1 nitrogen and oxygen atoms in total. The van der Waals surface area contributed by atoms with Crippen LogP contribution >= 0.6 is 43.5 Å². The maximum absolute atomic E-state index is 13.9. The highest BCUT2D eigenvalue weighted by atomic mass is 79.9. The van der Waals surface area contributed by atoms with Crippen molar-refractivity contribution < 1.29 is 9.13 Å². The Morgan fingerprint density at radius 2 is 2.00 bits per heavy atom. The van der Waals surface area contributed by atoms with E-state index in [1.54, 1.807) is 19.2 Å². The van der Waals surface area contributed by atoms with Crippen LogP contribution in [0.4, 0.5) is 4.39 Å². The van der Waals surface area contributed by atoms with Crippen LogP contribution in [0.1, 0.15) is 16.0 Å². The first-order valence-corrected chi connectivity index (χ1v) is 7.54. The van der Waals surface area contributed by atoms with Gasteiger partial charge in [0.25, 0.3) is 0 Å². The summed E-state index contributed by atoms with van der Waals surface area (Å²) in [5.41, 5.74) is 1.31. The van der Waals surface area contributed by atoms with Gasteiger partial charge >= 0.3 is 0 Å². The van der Waals surface area contributed by atoms with Crippen molar-refractivity contribution in [1.29, 1.82) is 0 Å². The zero-order valence-electron chi connectivity index (χ0n) is 9.96. The van der Waals surface area contributed by atoms with Crippen LogP contribution < -0.4 is 4.74 Å². The lowest BCUT2D eigenvalue weighted by Crippen LogP contribution is -1.99. The fraction of sp³-hybridized carbons (Fsp3) is 0.143. The Morgan fingerprint density at radius 3 is 2.58 bits per heavy atom. The predicted octanol–water partition coefficient (Wildman–Crippen LogP) is 5.73. The zero-order chi connectivity index (χ0) is 14.0. The van der Waals surface area contributed by atoms with Gasteiger partial charge in [-0.05, 0) is 29.8 Å². The van der Waals surface area contributed by atoms with Crippen molar-refractivity contribution in [1.82, 2.24) is 0 Å². The molecule has 0 fully saturated rings. The van der Waals surface area contributed by atoms with Crippen LogP contribution in [0.5, 0.6) is 5.75 Å². The molecule has 2 aromatic carbocycles. The van der Waals surface area contributed by atoms with Gasteiger partial charge in [-0.15, -0.1) is 0 Å². The number of ether oxygens (including phenoxy) is 1. The molecule has 0 saturated carbocycles. The Balaban J connectivity index is 2.47. The molecule has 2 rings (SSSR count). The summed E-state index contributed by atoms with van der Waals surface area (Å²) in [5.74, 6) is 0.395. The fourth-order valence-electron chi connectivity index (χ4n) is 1.75. The van der Waals surface area contributed by atoms with Crippen LogP contribution in [0.25, 0.3) is 0 Å². The van der Waals surface area contributed by atoms with Gasteiger partial charge in [0.2, 0.25) is 0 Å². The van der Waals surface area contributed by atoms with E-state index in [-0.39, 0.29) is 10.6 Å². The number of hydrogen-bond donors (Lipinski definition) is 0. The van der Waals surface area contributed by atoms with E-state index in [9.17, 15) is 4.39 Å². The molecular formula is C14H10Br2ClFO. The van der Waals surface area contributed by atoms with Crippen molar-refractivity contribution in [3.8, 4) is 5.75 Å². The summed E-state index contributed by atoms with van der Waals surface area (Å²) in [6.45, 7) is 0. The molecule has 0 N–H and O–H groups in total. The third-order valence-corrected chi connectivity index (χ3v) is 4.70. The second kappa shape index (κ2) is 6.25. The van der Waals surface area contributed by atoms with Gasteiger partial charge in [0.1, 0.15) is 11.6 Å². The lowest BCUT2D eigenvalue weighted by molar-refractivity contribution is 0.414. The van der Waals surface area contributed by atoms with E-state index in [2.05, 4.69) is 31.9 Å². The molecule has 19 heavy (non-hydrogen) atoms. The molecule has 2 aromatic rings. The van der Waals surface area contributed by atoms with Crippen LogP contribution in [0, 0.1) is 5.82 Å². The van der Waals surface area contributed by atoms with E-state index >= 15 is 0 Å². The SMILES string of the molecule is COc1ccc(C(Br)c2c(F)cccc2Cl)c(Br)c1. The number of methoxy groups -OCH3 is 1. The average Bonchev–Trinajstić information content (AvgIpc) is 2.38. The summed E-state index contributed by atoms with van der Waals surface area (Å²) in [6.07, 6.45) is 0. The van der Waals surface area contributed by atoms with E-state index in [0.717, 1.165) is 15.8 Å². The molecule has 0 heterocycles. The third-order valence-electron chi connectivity index (χ3n) is 2.73. The summed E-state index contributed by atoms with van der Waals surface area (Å²) in [6, 6.07) is 10.2. The molecule has 0 amide bonds. The van der Waals surface area contributed by atoms with Gasteiger partial charge in [-0.2, -0.15) is 0 Å². The molecule has 0 aromatic heterocycles. The lowest BCUT2D eigenvalue weighted by Gasteiger charge is -2.15. The minimum Gasteiger partial charge on any atom is -0.497 e. The monoisotopic (exact) mass is 406 g/mol. The molecule has 100 valence electrons. The quantitative estimate of drug-likeness (QED) is 0.589. The predicted molar refractivity (Wildman–Crippen MR) is 82.9 cm³/mol. The Morgan fingerprint density at radius 1 is 1.26 bits per heavy atom. The van der Waals surface area contributed by atoms with Gasteiger partial charge < -0.3 is 4.74 Å². The smallest absolute Gasteiger partial charge is 0.129 e. The average molecular weight is 408 g/mol. The topological polar surface area (TPSA) is 9.23 Å². The molecule has 5 heteroatoms. The summed E-state index contributed by atoms with van der Waals surface area (Å²) >= 11 is 13.0. The summed E-state index contributed by atoms with van der Waals surface area (Å²) in [5, 5.41) is 0.393. The van der Waals surface area contributed by atoms with Crippen molar-refractivity contribution in [3.05, 3.63) is 62.8 Å². The van der Waals surface area contributed by atoms with Gasteiger partial charge in [0, 0.05) is 15.1 Å². The molecular weight excluding hydrogens is 398 g/mol. The maximum Gasteiger partial charge on any atom is 0.129 e. The highest BCUT2D eigenvalue weighted by Gasteiger charge is 2.20. The summed E-state index contributed by atoms with van der Waals surface area (Å²) in [7, 11) is 1.60. The minimum atomic E-state index is -0.336. The molecule has 0 saturated heterocycles. The largest absolute Gasteiger partial charge is 0.497 e. The highest BCUT2D eigenvalue weighted by Crippen LogP contribution is 2.40. The minimum absolute atomic E-state index is 0.332. The van der Waals surface area contributed by atoms with Gasteiger partial charge in [-0.25, -0.2) is 4.39 Å². The Hall–Kier alpha value is -0.580. The van der Waals surface area contributed by atoms with Crippen molar-refractivity contribution in [2.45, 2.75) is 4.83 Å². The molecule has 0 aliphatic carbocycles. The van der Waals surface area contributed by atoms with Gasteiger partial charge in [0.05, 0.1) is 11.9 Å². The number of hydrogen-bond acceptors (Lipinski definition) is 1. The van der Waals surface area contributed by atoms with E-state index in [0.29, 0.717) is 10.6 Å². The molecule has 1 unspecified atom stereocenters. The number of halogens is 4. The zero-order valence-corrected chi connectivity index (χ0v) is 13.9. The van der Waals surface area contributed by atoms with Crippen LogP contribution in [0.2, 0.25) is 5.02 Å². The second-order valence-electron chi connectivity index (χ2n) is 3.89. The maximum atomic E-state index is 13.9. The van der Waals surface area contributed by atoms with Crippen LogP contribution in [-0.4, -0.2) is 7.11 Å². The van der Waals surface area contributed by atoms with E-state index < -0.39 is 0 Å². The molecule has 1 atom stereocenters. The van der Waals surface area contributed by atoms with Gasteiger partial charge in [-0.1, -0.05) is 55.6 Å². The molecule has 0 radical (unpaired) electrons. The molecule has 0 bridgehead atoms. The number of rotatable bonds is 3. The Bertz CT molecular complexity index is 584. The first kappa shape index (κ1) is 14.8. The first-order valence-electron chi connectivity index (χ1n) is 5.46. The Labute approximate surface area is 133 Å². The molecule has 0 spiro atoms.